The Labute approximate surface area is 95.1 Å². The quantitative estimate of drug-likeness (QED) is 0.739. The Morgan fingerprint density at radius 1 is 1.38 bits per heavy atom. The lowest BCUT2D eigenvalue weighted by Gasteiger charge is -2.03. The van der Waals surface area contributed by atoms with Crippen molar-refractivity contribution in [3.63, 3.8) is 0 Å². The molecule has 0 spiro atoms. The minimum Gasteiger partial charge on any atom is -0.328 e. The molecule has 0 fully saturated rings. The molecule has 0 N–H and O–H groups in total. The minimum absolute atomic E-state index is 0.0889. The average Bonchev–Trinajstić information content (AvgIpc) is 2.65. The molecule has 0 aliphatic rings. The number of rotatable bonds is 3. The van der Waals surface area contributed by atoms with Crippen molar-refractivity contribution in [2.45, 2.75) is 33.7 Å². The van der Waals surface area contributed by atoms with Crippen LogP contribution in [-0.2, 0) is 13.0 Å². The maximum Gasteiger partial charge on any atom is 0.159 e. The Balaban J connectivity index is 2.67. The molecule has 0 atom stereocenters. The van der Waals surface area contributed by atoms with E-state index in [2.05, 4.69) is 23.4 Å². The second-order valence-corrected chi connectivity index (χ2v) is 3.89. The molecular formula is C13H16N2O. The summed E-state index contributed by atoms with van der Waals surface area (Å²) in [6.07, 6.45) is 0.915. The molecule has 16 heavy (non-hydrogen) atoms. The van der Waals surface area contributed by atoms with Crippen molar-refractivity contribution in [1.29, 1.82) is 0 Å². The van der Waals surface area contributed by atoms with Gasteiger partial charge in [-0.05, 0) is 32.0 Å². The summed E-state index contributed by atoms with van der Waals surface area (Å²) < 4.78 is 2.19. The maximum atomic E-state index is 11.3. The Bertz CT molecular complexity index is 540. The zero-order valence-corrected chi connectivity index (χ0v) is 9.95. The summed E-state index contributed by atoms with van der Waals surface area (Å²) in [6.45, 7) is 6.70. The fraction of sp³-hybridized carbons (Fsp3) is 0.385. The average molecular weight is 216 g/mol. The highest BCUT2D eigenvalue weighted by Crippen LogP contribution is 2.18. The highest BCUT2D eigenvalue weighted by molar-refractivity contribution is 5.97. The first-order chi connectivity index (χ1) is 7.67. The van der Waals surface area contributed by atoms with Crippen molar-refractivity contribution in [3.8, 4) is 0 Å². The van der Waals surface area contributed by atoms with Gasteiger partial charge in [-0.3, -0.25) is 4.79 Å². The van der Waals surface area contributed by atoms with Crippen molar-refractivity contribution in [3.05, 3.63) is 29.6 Å². The van der Waals surface area contributed by atoms with Gasteiger partial charge in [0.25, 0.3) is 0 Å². The van der Waals surface area contributed by atoms with Crippen LogP contribution in [0.3, 0.4) is 0 Å². The zero-order valence-electron chi connectivity index (χ0n) is 9.95. The van der Waals surface area contributed by atoms with E-state index in [0.717, 1.165) is 35.4 Å². The molecule has 0 aliphatic heterocycles. The van der Waals surface area contributed by atoms with Crippen LogP contribution in [0.1, 0.15) is 37.0 Å². The summed E-state index contributed by atoms with van der Waals surface area (Å²) >= 11 is 0. The van der Waals surface area contributed by atoms with E-state index in [-0.39, 0.29) is 5.78 Å². The predicted octanol–water partition coefficient (Wildman–Crippen LogP) is 2.82. The Kier molecular flexibility index (Phi) is 2.77. The van der Waals surface area contributed by atoms with E-state index in [0.29, 0.717) is 0 Å². The summed E-state index contributed by atoms with van der Waals surface area (Å²) in [6, 6.07) is 5.74. The lowest BCUT2D eigenvalue weighted by Crippen LogP contribution is -1.99. The Morgan fingerprint density at radius 3 is 2.69 bits per heavy atom. The molecule has 1 aromatic carbocycles. The third kappa shape index (κ3) is 1.62. The second-order valence-electron chi connectivity index (χ2n) is 3.89. The molecule has 3 nitrogen and oxygen atoms in total. The SMILES string of the molecule is CCc1nc2cc(C(C)=O)ccc2n1CC. The van der Waals surface area contributed by atoms with E-state index in [9.17, 15) is 4.79 Å². The molecule has 0 amide bonds. The van der Waals surface area contributed by atoms with Crippen molar-refractivity contribution >= 4 is 16.8 Å². The molecule has 2 aromatic rings. The molecule has 0 saturated heterocycles. The van der Waals surface area contributed by atoms with Gasteiger partial charge in [0.15, 0.2) is 5.78 Å². The topological polar surface area (TPSA) is 34.9 Å². The first-order valence-corrected chi connectivity index (χ1v) is 5.67. The zero-order chi connectivity index (χ0) is 11.7. The predicted molar refractivity (Wildman–Crippen MR) is 64.8 cm³/mol. The minimum atomic E-state index is 0.0889. The van der Waals surface area contributed by atoms with E-state index in [1.54, 1.807) is 6.92 Å². The van der Waals surface area contributed by atoms with Gasteiger partial charge in [-0.15, -0.1) is 0 Å². The van der Waals surface area contributed by atoms with Gasteiger partial charge in [0.2, 0.25) is 0 Å². The van der Waals surface area contributed by atoms with Crippen molar-refractivity contribution < 1.29 is 4.79 Å². The lowest BCUT2D eigenvalue weighted by molar-refractivity contribution is 0.101. The van der Waals surface area contributed by atoms with Crippen LogP contribution in [0.4, 0.5) is 0 Å². The van der Waals surface area contributed by atoms with Crippen LogP contribution in [0.15, 0.2) is 18.2 Å². The number of imidazole rings is 1. The smallest absolute Gasteiger partial charge is 0.159 e. The van der Waals surface area contributed by atoms with Crippen LogP contribution in [0, 0.1) is 0 Å². The van der Waals surface area contributed by atoms with Gasteiger partial charge in [0, 0.05) is 18.5 Å². The van der Waals surface area contributed by atoms with Gasteiger partial charge in [-0.1, -0.05) is 6.92 Å². The molecule has 0 unspecified atom stereocenters. The standard InChI is InChI=1S/C13H16N2O/c1-4-13-14-11-8-10(9(3)16)6-7-12(11)15(13)5-2/h6-8H,4-5H2,1-3H3. The molecule has 0 bridgehead atoms. The molecule has 0 aliphatic carbocycles. The first kappa shape index (κ1) is 10.9. The van der Waals surface area contributed by atoms with Gasteiger partial charge in [-0.2, -0.15) is 0 Å². The fourth-order valence-electron chi connectivity index (χ4n) is 2.02. The number of Topliss-reactive ketones (excluding diaryl/α,β-unsaturated/α-hetero) is 1. The number of aromatic nitrogens is 2. The summed E-state index contributed by atoms with van der Waals surface area (Å²) in [4.78, 5) is 15.8. The van der Waals surface area contributed by atoms with E-state index in [1.807, 2.05) is 18.2 Å². The van der Waals surface area contributed by atoms with E-state index < -0.39 is 0 Å². The molecule has 0 saturated carbocycles. The summed E-state index contributed by atoms with van der Waals surface area (Å²) in [7, 11) is 0. The monoisotopic (exact) mass is 216 g/mol. The largest absolute Gasteiger partial charge is 0.328 e. The number of hydrogen-bond donors (Lipinski definition) is 0. The van der Waals surface area contributed by atoms with Gasteiger partial charge in [-0.25, -0.2) is 4.98 Å². The molecule has 1 aromatic heterocycles. The Morgan fingerprint density at radius 2 is 2.12 bits per heavy atom. The third-order valence-corrected chi connectivity index (χ3v) is 2.87. The maximum absolute atomic E-state index is 11.3. The number of fused-ring (bicyclic) bond motifs is 1. The van der Waals surface area contributed by atoms with Crippen LogP contribution in [0.25, 0.3) is 11.0 Å². The number of aryl methyl sites for hydroxylation is 2. The van der Waals surface area contributed by atoms with Crippen LogP contribution in [-0.4, -0.2) is 15.3 Å². The number of carbonyl (C=O) groups is 1. The lowest BCUT2D eigenvalue weighted by atomic mass is 10.1. The summed E-state index contributed by atoms with van der Waals surface area (Å²) in [5.41, 5.74) is 2.77. The molecular weight excluding hydrogens is 200 g/mol. The number of ketones is 1. The molecule has 1 heterocycles. The van der Waals surface area contributed by atoms with Crippen LogP contribution in [0.5, 0.6) is 0 Å². The van der Waals surface area contributed by atoms with E-state index in [1.165, 1.54) is 0 Å². The van der Waals surface area contributed by atoms with Crippen molar-refractivity contribution in [2.24, 2.45) is 0 Å². The van der Waals surface area contributed by atoms with Crippen LogP contribution >= 0.6 is 0 Å². The second kappa shape index (κ2) is 4.08. The van der Waals surface area contributed by atoms with Crippen LogP contribution < -0.4 is 0 Å². The molecule has 3 heteroatoms. The normalized spacial score (nSPS) is 10.9. The first-order valence-electron chi connectivity index (χ1n) is 5.67. The Hall–Kier alpha value is -1.64. The van der Waals surface area contributed by atoms with Crippen molar-refractivity contribution in [1.82, 2.24) is 9.55 Å². The number of carbonyl (C=O) groups excluding carboxylic acids is 1. The number of benzene rings is 1. The van der Waals surface area contributed by atoms with Gasteiger partial charge >= 0.3 is 0 Å². The van der Waals surface area contributed by atoms with Gasteiger partial charge < -0.3 is 4.57 Å². The number of nitrogens with zero attached hydrogens (tertiary/aromatic N) is 2. The molecule has 0 radical (unpaired) electrons. The molecule has 84 valence electrons. The highest BCUT2D eigenvalue weighted by atomic mass is 16.1. The summed E-state index contributed by atoms with van der Waals surface area (Å²) in [5, 5.41) is 0. The van der Waals surface area contributed by atoms with Crippen LogP contribution in [0.2, 0.25) is 0 Å². The highest BCUT2D eigenvalue weighted by Gasteiger charge is 2.09. The number of hydrogen-bond acceptors (Lipinski definition) is 2. The van der Waals surface area contributed by atoms with Gasteiger partial charge in [0.1, 0.15) is 5.82 Å². The third-order valence-electron chi connectivity index (χ3n) is 2.87. The fourth-order valence-corrected chi connectivity index (χ4v) is 2.02. The summed E-state index contributed by atoms with van der Waals surface area (Å²) in [5.74, 6) is 1.17. The van der Waals surface area contributed by atoms with E-state index in [4.69, 9.17) is 0 Å². The van der Waals surface area contributed by atoms with Gasteiger partial charge in [0.05, 0.1) is 11.0 Å². The molecule has 2 rings (SSSR count). The van der Waals surface area contributed by atoms with E-state index >= 15 is 0 Å². The van der Waals surface area contributed by atoms with Crippen molar-refractivity contribution in [2.75, 3.05) is 0 Å².